The summed E-state index contributed by atoms with van der Waals surface area (Å²) in [6.45, 7) is 2.91. The SMILES string of the molecule is Cc1cccc(C(=O)N2CCCC2CCCl)c1I. The number of alkyl halides is 1. The fourth-order valence-electron chi connectivity index (χ4n) is 2.50. The zero-order chi connectivity index (χ0) is 13.1. The average molecular weight is 378 g/mol. The monoisotopic (exact) mass is 377 g/mol. The first-order valence-electron chi connectivity index (χ1n) is 6.27. The third-order valence-corrected chi connectivity index (χ3v) is 5.15. The van der Waals surface area contributed by atoms with Crippen molar-refractivity contribution in [2.24, 2.45) is 0 Å². The molecule has 2 nitrogen and oxygen atoms in total. The van der Waals surface area contributed by atoms with Crippen LogP contribution < -0.4 is 0 Å². The van der Waals surface area contributed by atoms with E-state index in [4.69, 9.17) is 11.6 Å². The molecule has 2 rings (SSSR count). The molecule has 0 bridgehead atoms. The van der Waals surface area contributed by atoms with Gasteiger partial charge in [0, 0.05) is 22.0 Å². The summed E-state index contributed by atoms with van der Waals surface area (Å²) in [6, 6.07) is 6.25. The van der Waals surface area contributed by atoms with Crippen LogP contribution in [0.2, 0.25) is 0 Å². The first kappa shape index (κ1) is 14.1. The quantitative estimate of drug-likeness (QED) is 0.579. The van der Waals surface area contributed by atoms with Crippen LogP contribution in [-0.2, 0) is 0 Å². The van der Waals surface area contributed by atoms with E-state index in [0.29, 0.717) is 11.9 Å². The van der Waals surface area contributed by atoms with E-state index in [9.17, 15) is 4.79 Å². The second kappa shape index (κ2) is 6.24. The molecule has 0 aliphatic carbocycles. The third kappa shape index (κ3) is 2.82. The van der Waals surface area contributed by atoms with Crippen molar-refractivity contribution in [2.45, 2.75) is 32.2 Å². The summed E-state index contributed by atoms with van der Waals surface area (Å²) in [6.07, 6.45) is 3.08. The highest BCUT2D eigenvalue weighted by atomic mass is 127. The van der Waals surface area contributed by atoms with Gasteiger partial charge >= 0.3 is 0 Å². The molecule has 18 heavy (non-hydrogen) atoms. The first-order chi connectivity index (χ1) is 8.65. The van der Waals surface area contributed by atoms with Crippen molar-refractivity contribution in [1.82, 2.24) is 4.90 Å². The summed E-state index contributed by atoms with van der Waals surface area (Å²) in [4.78, 5) is 14.6. The molecule has 1 fully saturated rings. The predicted octanol–water partition coefficient (Wildman–Crippen LogP) is 3.83. The molecule has 0 N–H and O–H groups in total. The fraction of sp³-hybridized carbons (Fsp3) is 0.500. The van der Waals surface area contributed by atoms with Crippen molar-refractivity contribution in [2.75, 3.05) is 12.4 Å². The van der Waals surface area contributed by atoms with Gasteiger partial charge in [-0.05, 0) is 60.4 Å². The van der Waals surface area contributed by atoms with Gasteiger partial charge in [-0.1, -0.05) is 12.1 Å². The number of halogens is 2. The molecule has 0 radical (unpaired) electrons. The van der Waals surface area contributed by atoms with Crippen LogP contribution in [0.5, 0.6) is 0 Å². The summed E-state index contributed by atoms with van der Waals surface area (Å²) >= 11 is 8.08. The molecule has 1 aliphatic rings. The maximum atomic E-state index is 12.6. The van der Waals surface area contributed by atoms with Gasteiger partial charge in [-0.2, -0.15) is 0 Å². The highest BCUT2D eigenvalue weighted by Crippen LogP contribution is 2.25. The molecule has 0 aromatic heterocycles. The van der Waals surface area contributed by atoms with Crippen LogP contribution in [0.25, 0.3) is 0 Å². The van der Waals surface area contributed by atoms with Crippen LogP contribution in [0, 0.1) is 10.5 Å². The summed E-state index contributed by atoms with van der Waals surface area (Å²) in [5.41, 5.74) is 1.99. The molecule has 1 unspecified atom stereocenters. The molecule has 4 heteroatoms. The van der Waals surface area contributed by atoms with E-state index in [1.54, 1.807) is 0 Å². The molecule has 1 saturated heterocycles. The van der Waals surface area contributed by atoms with Gasteiger partial charge in [0.25, 0.3) is 5.91 Å². The number of benzene rings is 1. The molecule has 0 saturated carbocycles. The molecule has 1 aliphatic heterocycles. The third-order valence-electron chi connectivity index (χ3n) is 3.50. The van der Waals surface area contributed by atoms with E-state index in [-0.39, 0.29) is 5.91 Å². The topological polar surface area (TPSA) is 20.3 Å². The van der Waals surface area contributed by atoms with E-state index in [1.165, 1.54) is 0 Å². The molecule has 1 heterocycles. The Labute approximate surface area is 127 Å². The van der Waals surface area contributed by atoms with Gasteiger partial charge in [-0.25, -0.2) is 0 Å². The minimum atomic E-state index is 0.163. The molecular weight excluding hydrogens is 361 g/mol. The summed E-state index contributed by atoms with van der Waals surface area (Å²) in [7, 11) is 0. The second-order valence-electron chi connectivity index (χ2n) is 4.71. The zero-order valence-electron chi connectivity index (χ0n) is 10.5. The Morgan fingerprint density at radius 3 is 3.06 bits per heavy atom. The van der Waals surface area contributed by atoms with E-state index in [2.05, 4.69) is 22.6 Å². The highest BCUT2D eigenvalue weighted by Gasteiger charge is 2.29. The second-order valence-corrected chi connectivity index (χ2v) is 6.17. The zero-order valence-corrected chi connectivity index (χ0v) is 13.4. The number of amides is 1. The minimum Gasteiger partial charge on any atom is -0.336 e. The Balaban J connectivity index is 2.23. The van der Waals surface area contributed by atoms with Crippen LogP contribution in [0.1, 0.15) is 35.2 Å². The van der Waals surface area contributed by atoms with Crippen LogP contribution in [0.3, 0.4) is 0 Å². The molecule has 1 amide bonds. The van der Waals surface area contributed by atoms with Crippen LogP contribution in [-0.4, -0.2) is 29.3 Å². The minimum absolute atomic E-state index is 0.163. The lowest BCUT2D eigenvalue weighted by atomic mass is 10.1. The largest absolute Gasteiger partial charge is 0.336 e. The summed E-state index contributed by atoms with van der Waals surface area (Å²) in [5, 5.41) is 0. The highest BCUT2D eigenvalue weighted by molar-refractivity contribution is 14.1. The van der Waals surface area contributed by atoms with Crippen LogP contribution in [0.15, 0.2) is 18.2 Å². The number of carbonyl (C=O) groups excluding carboxylic acids is 1. The van der Waals surface area contributed by atoms with E-state index >= 15 is 0 Å². The van der Waals surface area contributed by atoms with Gasteiger partial charge in [0.1, 0.15) is 0 Å². The lowest BCUT2D eigenvalue weighted by Gasteiger charge is -2.25. The Morgan fingerprint density at radius 1 is 1.56 bits per heavy atom. The van der Waals surface area contributed by atoms with E-state index in [0.717, 1.165) is 40.5 Å². The van der Waals surface area contributed by atoms with Crippen molar-refractivity contribution in [1.29, 1.82) is 0 Å². The van der Waals surface area contributed by atoms with Crippen molar-refractivity contribution in [3.63, 3.8) is 0 Å². The Hall–Kier alpha value is -0.290. The smallest absolute Gasteiger partial charge is 0.255 e. The maximum Gasteiger partial charge on any atom is 0.255 e. The molecule has 1 aromatic carbocycles. The number of aryl methyl sites for hydroxylation is 1. The summed E-state index contributed by atoms with van der Waals surface area (Å²) in [5.74, 6) is 0.787. The van der Waals surface area contributed by atoms with Gasteiger partial charge in [0.05, 0.1) is 5.56 Å². The van der Waals surface area contributed by atoms with Gasteiger partial charge in [-0.15, -0.1) is 11.6 Å². The molecule has 1 aromatic rings. The van der Waals surface area contributed by atoms with Crippen LogP contribution >= 0.6 is 34.2 Å². The number of carbonyl (C=O) groups is 1. The lowest BCUT2D eigenvalue weighted by molar-refractivity contribution is 0.0733. The number of rotatable bonds is 3. The van der Waals surface area contributed by atoms with Crippen molar-refractivity contribution in [3.05, 3.63) is 32.9 Å². The number of hydrogen-bond acceptors (Lipinski definition) is 1. The normalized spacial score (nSPS) is 19.3. The van der Waals surface area contributed by atoms with Crippen molar-refractivity contribution < 1.29 is 4.79 Å². The predicted molar refractivity (Wildman–Crippen MR) is 83.3 cm³/mol. The van der Waals surface area contributed by atoms with E-state index < -0.39 is 0 Å². The molecule has 0 spiro atoms. The van der Waals surface area contributed by atoms with Crippen LogP contribution in [0.4, 0.5) is 0 Å². The van der Waals surface area contributed by atoms with Crippen molar-refractivity contribution >= 4 is 40.1 Å². The summed E-state index contributed by atoms with van der Waals surface area (Å²) < 4.78 is 1.07. The standard InChI is InChI=1S/C14H17ClINO/c1-10-4-2-6-12(13(10)16)14(18)17-9-3-5-11(17)7-8-15/h2,4,6,11H,3,5,7-9H2,1H3. The molecule has 1 atom stereocenters. The Kier molecular flexibility index (Phi) is 4.90. The van der Waals surface area contributed by atoms with Gasteiger partial charge in [0.15, 0.2) is 0 Å². The fourth-order valence-corrected chi connectivity index (χ4v) is 3.34. The maximum absolute atomic E-state index is 12.6. The Morgan fingerprint density at radius 2 is 2.33 bits per heavy atom. The first-order valence-corrected chi connectivity index (χ1v) is 7.88. The number of hydrogen-bond donors (Lipinski definition) is 0. The number of likely N-dealkylation sites (tertiary alicyclic amines) is 1. The van der Waals surface area contributed by atoms with E-state index in [1.807, 2.05) is 30.0 Å². The molecule has 98 valence electrons. The van der Waals surface area contributed by atoms with Gasteiger partial charge in [-0.3, -0.25) is 4.79 Å². The average Bonchev–Trinajstić information content (AvgIpc) is 2.80. The molecular formula is C14H17ClINO. The van der Waals surface area contributed by atoms with Gasteiger partial charge < -0.3 is 4.90 Å². The lowest BCUT2D eigenvalue weighted by Crippen LogP contribution is -2.36. The van der Waals surface area contributed by atoms with Gasteiger partial charge in [0.2, 0.25) is 0 Å². The Bertz CT molecular complexity index is 449. The van der Waals surface area contributed by atoms with Crippen molar-refractivity contribution in [3.8, 4) is 0 Å². The number of nitrogens with zero attached hydrogens (tertiary/aromatic N) is 1.